The molecule has 0 amide bonds. The Bertz CT molecular complexity index is 787. The van der Waals surface area contributed by atoms with E-state index in [1.165, 1.54) is 0 Å². The van der Waals surface area contributed by atoms with Crippen LogP contribution in [0, 0.1) is 0 Å². The molecule has 0 aromatic heterocycles. The lowest BCUT2D eigenvalue weighted by atomic mass is 9.80. The monoisotopic (exact) mass is 311 g/mol. The molecule has 0 bridgehead atoms. The van der Waals surface area contributed by atoms with Crippen molar-refractivity contribution in [3.05, 3.63) is 109 Å². The average molecular weight is 311 g/mol. The molecule has 2 heteroatoms. The van der Waals surface area contributed by atoms with Gasteiger partial charge in [0.25, 0.3) is 0 Å². The van der Waals surface area contributed by atoms with Gasteiger partial charge in [-0.15, -0.1) is 0 Å². The van der Waals surface area contributed by atoms with E-state index in [0.717, 1.165) is 34.6 Å². The highest BCUT2D eigenvalue weighted by molar-refractivity contribution is 6.13. The first-order chi connectivity index (χ1) is 11.7. The molecule has 0 heterocycles. The largest absolute Gasteiger partial charge is 0.311 e. The van der Waals surface area contributed by atoms with E-state index >= 15 is 0 Å². The molecule has 3 rings (SSSR count). The molecule has 2 aromatic carbocycles. The van der Waals surface area contributed by atoms with E-state index in [2.05, 4.69) is 68.4 Å². The summed E-state index contributed by atoms with van der Waals surface area (Å²) in [5.74, 6) is 0.587. The van der Waals surface area contributed by atoms with E-state index in [9.17, 15) is 0 Å². The van der Waals surface area contributed by atoms with Gasteiger partial charge in [0.2, 0.25) is 0 Å². The Balaban J connectivity index is 1.99. The Kier molecular flexibility index (Phi) is 4.86. The predicted octanol–water partition coefficient (Wildman–Crippen LogP) is 4.99. The molecule has 24 heavy (non-hydrogen) atoms. The Morgan fingerprint density at radius 1 is 0.917 bits per heavy atom. The van der Waals surface area contributed by atoms with E-state index in [1.54, 1.807) is 0 Å². The van der Waals surface area contributed by atoms with Gasteiger partial charge in [-0.25, -0.2) is 0 Å². The zero-order chi connectivity index (χ0) is 16.9. The standard InChI is InChI=1S/C22H22BN/c1-17(19-9-5-3-6-10-19)24(22-11-7-4-8-12-22)18(2)20-13-15-21(23)16-14-20/h3-15,21H,1-2,16,23H2. The SMILES string of the molecule is BC1C=CC(C(=C)N(C(=C)c2ccccc2)c2ccccc2)=CC1. The number of rotatable bonds is 5. The number of hydrogen-bond acceptors (Lipinski definition) is 1. The number of hydrogen-bond donors (Lipinski definition) is 0. The van der Waals surface area contributed by atoms with Crippen molar-refractivity contribution < 1.29 is 0 Å². The third-order valence-electron chi connectivity index (χ3n) is 4.31. The Hall–Kier alpha value is -2.74. The van der Waals surface area contributed by atoms with E-state index in [-0.39, 0.29) is 0 Å². The van der Waals surface area contributed by atoms with Gasteiger partial charge in [0.05, 0.1) is 0 Å². The molecular formula is C22H22BN. The highest BCUT2D eigenvalue weighted by Crippen LogP contribution is 2.33. The Morgan fingerprint density at radius 3 is 2.12 bits per heavy atom. The van der Waals surface area contributed by atoms with Gasteiger partial charge in [-0.3, -0.25) is 0 Å². The van der Waals surface area contributed by atoms with Gasteiger partial charge < -0.3 is 4.90 Å². The topological polar surface area (TPSA) is 3.24 Å². The van der Waals surface area contributed by atoms with Crippen molar-refractivity contribution in [2.45, 2.75) is 12.2 Å². The Morgan fingerprint density at radius 2 is 1.54 bits per heavy atom. The van der Waals surface area contributed by atoms with E-state index in [4.69, 9.17) is 0 Å². The molecule has 0 fully saturated rings. The van der Waals surface area contributed by atoms with E-state index < -0.39 is 0 Å². The number of anilines is 1. The average Bonchev–Trinajstić information content (AvgIpc) is 2.64. The fourth-order valence-corrected chi connectivity index (χ4v) is 2.88. The van der Waals surface area contributed by atoms with Crippen LogP contribution in [0.5, 0.6) is 0 Å². The van der Waals surface area contributed by atoms with Crippen LogP contribution in [0.15, 0.2) is 103 Å². The molecule has 1 aliphatic rings. The second-order valence-corrected chi connectivity index (χ2v) is 6.16. The zero-order valence-corrected chi connectivity index (χ0v) is 14.2. The quantitative estimate of drug-likeness (QED) is 0.704. The van der Waals surface area contributed by atoms with Gasteiger partial charge in [-0.1, -0.05) is 79.9 Å². The second-order valence-electron chi connectivity index (χ2n) is 6.16. The fraction of sp³-hybridized carbons (Fsp3) is 0.0909. The van der Waals surface area contributed by atoms with Crippen molar-refractivity contribution in [2.75, 3.05) is 4.90 Å². The molecule has 1 unspecified atom stereocenters. The van der Waals surface area contributed by atoms with Crippen LogP contribution in [0.25, 0.3) is 5.70 Å². The molecule has 0 radical (unpaired) electrons. The van der Waals surface area contributed by atoms with E-state index in [0.29, 0.717) is 5.82 Å². The summed E-state index contributed by atoms with van der Waals surface area (Å²) < 4.78 is 0. The van der Waals surface area contributed by atoms with Crippen LogP contribution < -0.4 is 4.90 Å². The summed E-state index contributed by atoms with van der Waals surface area (Å²) in [6, 6.07) is 20.6. The molecule has 1 atom stereocenters. The first kappa shape index (κ1) is 16.1. The van der Waals surface area contributed by atoms with Crippen molar-refractivity contribution in [1.29, 1.82) is 0 Å². The maximum atomic E-state index is 4.37. The third kappa shape index (κ3) is 3.43. The maximum absolute atomic E-state index is 4.37. The molecular weight excluding hydrogens is 289 g/mol. The zero-order valence-electron chi connectivity index (χ0n) is 14.2. The van der Waals surface area contributed by atoms with Crippen LogP contribution in [0.1, 0.15) is 12.0 Å². The number of para-hydroxylation sites is 1. The highest BCUT2D eigenvalue weighted by atomic mass is 15.2. The molecule has 0 aliphatic heterocycles. The van der Waals surface area contributed by atoms with Gasteiger partial charge in [-0.05, 0) is 35.5 Å². The maximum Gasteiger partial charge on any atom is 0.110 e. The van der Waals surface area contributed by atoms with Crippen molar-refractivity contribution in [3.63, 3.8) is 0 Å². The summed E-state index contributed by atoms with van der Waals surface area (Å²) in [6.45, 7) is 8.72. The molecule has 1 nitrogen and oxygen atoms in total. The minimum Gasteiger partial charge on any atom is -0.311 e. The van der Waals surface area contributed by atoms with Crippen molar-refractivity contribution in [2.24, 2.45) is 0 Å². The summed E-state index contributed by atoms with van der Waals surface area (Å²) in [6.07, 6.45) is 7.73. The van der Waals surface area contributed by atoms with Gasteiger partial charge in [0.1, 0.15) is 7.85 Å². The lowest BCUT2D eigenvalue weighted by molar-refractivity contribution is 1.00. The smallest absolute Gasteiger partial charge is 0.110 e. The van der Waals surface area contributed by atoms with Crippen LogP contribution in [0.3, 0.4) is 0 Å². The minimum atomic E-state index is 0.587. The van der Waals surface area contributed by atoms with Crippen molar-refractivity contribution in [3.8, 4) is 0 Å². The third-order valence-corrected chi connectivity index (χ3v) is 4.31. The summed E-state index contributed by atoms with van der Waals surface area (Å²) in [7, 11) is 2.23. The second kappa shape index (κ2) is 7.22. The number of nitrogens with zero attached hydrogens (tertiary/aromatic N) is 1. The molecule has 2 aromatic rings. The summed E-state index contributed by atoms with van der Waals surface area (Å²) in [5, 5.41) is 0. The lowest BCUT2D eigenvalue weighted by Crippen LogP contribution is -2.21. The van der Waals surface area contributed by atoms with Crippen molar-refractivity contribution >= 4 is 19.2 Å². The van der Waals surface area contributed by atoms with Crippen molar-refractivity contribution in [1.82, 2.24) is 0 Å². The van der Waals surface area contributed by atoms with Gasteiger partial charge in [0, 0.05) is 17.1 Å². The predicted molar refractivity (Wildman–Crippen MR) is 108 cm³/mol. The molecule has 0 saturated heterocycles. The van der Waals surface area contributed by atoms with Gasteiger partial charge in [-0.2, -0.15) is 0 Å². The number of benzene rings is 2. The van der Waals surface area contributed by atoms with Crippen LogP contribution in [0.2, 0.25) is 5.82 Å². The molecule has 0 N–H and O–H groups in total. The van der Waals surface area contributed by atoms with Crippen LogP contribution in [0.4, 0.5) is 5.69 Å². The van der Waals surface area contributed by atoms with Crippen LogP contribution in [-0.2, 0) is 0 Å². The first-order valence-electron chi connectivity index (χ1n) is 8.34. The summed E-state index contributed by atoms with van der Waals surface area (Å²) in [5.41, 5.74) is 5.22. The van der Waals surface area contributed by atoms with E-state index in [1.807, 2.05) is 36.4 Å². The fourth-order valence-electron chi connectivity index (χ4n) is 2.88. The normalized spacial score (nSPS) is 16.3. The lowest BCUT2D eigenvalue weighted by Gasteiger charge is -2.30. The summed E-state index contributed by atoms with van der Waals surface area (Å²) in [4.78, 5) is 2.14. The molecule has 0 spiro atoms. The minimum absolute atomic E-state index is 0.587. The number of allylic oxidation sites excluding steroid dienone is 3. The highest BCUT2D eigenvalue weighted by Gasteiger charge is 2.18. The van der Waals surface area contributed by atoms with Crippen LogP contribution >= 0.6 is 0 Å². The molecule has 0 saturated carbocycles. The van der Waals surface area contributed by atoms with Gasteiger partial charge in [0.15, 0.2) is 0 Å². The molecule has 118 valence electrons. The molecule has 1 aliphatic carbocycles. The first-order valence-corrected chi connectivity index (χ1v) is 8.34. The summed E-state index contributed by atoms with van der Waals surface area (Å²) >= 11 is 0. The van der Waals surface area contributed by atoms with Crippen LogP contribution in [-0.4, -0.2) is 7.85 Å². The van der Waals surface area contributed by atoms with Gasteiger partial charge >= 0.3 is 0 Å². The Labute approximate surface area is 145 Å².